The maximum Gasteiger partial charge on any atom is 0.273 e. The highest BCUT2D eigenvalue weighted by molar-refractivity contribution is 6.35. The molecule has 5 nitrogen and oxygen atoms in total. The maximum atomic E-state index is 10.9. The number of hydrogen-bond acceptors (Lipinski definition) is 4. The highest BCUT2D eigenvalue weighted by atomic mass is 35.5. The first kappa shape index (κ1) is 13.7. The molecule has 0 saturated carbocycles. The van der Waals surface area contributed by atoms with Gasteiger partial charge in [0.05, 0.1) is 11.0 Å². The summed E-state index contributed by atoms with van der Waals surface area (Å²) in [6.45, 7) is 0. The van der Waals surface area contributed by atoms with Crippen LogP contribution < -0.4 is 0 Å². The lowest BCUT2D eigenvalue weighted by molar-refractivity contribution is -0.384. The zero-order valence-electron chi connectivity index (χ0n) is 11.7. The van der Waals surface area contributed by atoms with E-state index in [1.165, 1.54) is 12.1 Å². The van der Waals surface area contributed by atoms with E-state index in [0.717, 1.165) is 16.3 Å². The number of benzene rings is 3. The number of oxazole rings is 1. The van der Waals surface area contributed by atoms with Crippen LogP contribution in [-0.2, 0) is 0 Å². The zero-order valence-corrected chi connectivity index (χ0v) is 12.4. The van der Waals surface area contributed by atoms with Crippen molar-refractivity contribution in [3.8, 4) is 11.5 Å². The maximum absolute atomic E-state index is 10.9. The van der Waals surface area contributed by atoms with Gasteiger partial charge in [-0.25, -0.2) is 4.98 Å². The Labute approximate surface area is 135 Å². The highest BCUT2D eigenvalue weighted by Crippen LogP contribution is 2.34. The Kier molecular flexibility index (Phi) is 3.02. The Morgan fingerprint density at radius 3 is 2.65 bits per heavy atom. The zero-order chi connectivity index (χ0) is 16.0. The second-order valence-corrected chi connectivity index (χ2v) is 5.48. The van der Waals surface area contributed by atoms with E-state index < -0.39 is 4.92 Å². The van der Waals surface area contributed by atoms with E-state index in [4.69, 9.17) is 16.0 Å². The summed E-state index contributed by atoms with van der Waals surface area (Å²) < 4.78 is 5.73. The molecule has 0 saturated heterocycles. The van der Waals surface area contributed by atoms with E-state index in [9.17, 15) is 10.1 Å². The number of fused-ring (bicyclic) bond motifs is 2. The van der Waals surface area contributed by atoms with Crippen molar-refractivity contribution in [2.75, 3.05) is 0 Å². The van der Waals surface area contributed by atoms with Crippen LogP contribution in [0.2, 0.25) is 5.02 Å². The van der Waals surface area contributed by atoms with Crippen LogP contribution in [0, 0.1) is 10.1 Å². The molecule has 23 heavy (non-hydrogen) atoms. The second-order valence-electron chi connectivity index (χ2n) is 5.07. The molecule has 6 heteroatoms. The van der Waals surface area contributed by atoms with Crippen LogP contribution >= 0.6 is 11.6 Å². The number of hydrogen-bond donors (Lipinski definition) is 0. The van der Waals surface area contributed by atoms with Crippen LogP contribution in [-0.4, -0.2) is 9.91 Å². The summed E-state index contributed by atoms with van der Waals surface area (Å²) in [4.78, 5) is 14.8. The van der Waals surface area contributed by atoms with Gasteiger partial charge in [0.1, 0.15) is 5.52 Å². The summed E-state index contributed by atoms with van der Waals surface area (Å²) in [7, 11) is 0. The van der Waals surface area contributed by atoms with Gasteiger partial charge >= 0.3 is 0 Å². The van der Waals surface area contributed by atoms with Gasteiger partial charge in [0.25, 0.3) is 5.69 Å². The summed E-state index contributed by atoms with van der Waals surface area (Å²) in [6.07, 6.45) is 0. The third-order valence-electron chi connectivity index (χ3n) is 3.68. The molecular weight excluding hydrogens is 316 g/mol. The predicted molar refractivity (Wildman–Crippen MR) is 88.6 cm³/mol. The number of aromatic nitrogens is 1. The van der Waals surface area contributed by atoms with Gasteiger partial charge in [-0.3, -0.25) is 10.1 Å². The number of halogens is 1. The molecule has 1 heterocycles. The Morgan fingerprint density at radius 1 is 1.04 bits per heavy atom. The molecule has 0 aliphatic heterocycles. The van der Waals surface area contributed by atoms with Crippen LogP contribution in [0.15, 0.2) is 59.0 Å². The first-order valence-electron chi connectivity index (χ1n) is 6.86. The first-order valence-corrected chi connectivity index (χ1v) is 7.24. The molecule has 112 valence electrons. The predicted octanol–water partition coefficient (Wildman–Crippen LogP) is 5.21. The van der Waals surface area contributed by atoms with Crippen molar-refractivity contribution in [2.24, 2.45) is 0 Å². The van der Waals surface area contributed by atoms with Gasteiger partial charge in [-0.2, -0.15) is 0 Å². The smallest absolute Gasteiger partial charge is 0.273 e. The molecule has 0 unspecified atom stereocenters. The van der Waals surface area contributed by atoms with Crippen LogP contribution in [0.4, 0.5) is 5.69 Å². The largest absolute Gasteiger partial charge is 0.436 e. The molecule has 0 fully saturated rings. The summed E-state index contributed by atoms with van der Waals surface area (Å²) >= 11 is 6.22. The summed E-state index contributed by atoms with van der Waals surface area (Å²) in [6, 6.07) is 15.7. The topological polar surface area (TPSA) is 69.2 Å². The Morgan fingerprint density at radius 2 is 1.83 bits per heavy atom. The summed E-state index contributed by atoms with van der Waals surface area (Å²) in [5.74, 6) is 0.411. The lowest BCUT2D eigenvalue weighted by Gasteiger charge is -2.04. The number of nitro groups is 1. The SMILES string of the molecule is O=[N+]([O-])c1ccc2nc(-c3cccc4c(Cl)cccc34)oc2c1. The fourth-order valence-corrected chi connectivity index (χ4v) is 2.84. The molecule has 3 aromatic carbocycles. The number of nitrogens with zero attached hydrogens (tertiary/aromatic N) is 2. The van der Waals surface area contributed by atoms with Gasteiger partial charge in [0.15, 0.2) is 5.58 Å². The van der Waals surface area contributed by atoms with Crippen LogP contribution in [0.3, 0.4) is 0 Å². The second kappa shape index (κ2) is 5.07. The van der Waals surface area contributed by atoms with Crippen molar-refractivity contribution in [1.29, 1.82) is 0 Å². The fourth-order valence-electron chi connectivity index (χ4n) is 2.60. The molecule has 0 radical (unpaired) electrons. The first-order chi connectivity index (χ1) is 11.1. The van der Waals surface area contributed by atoms with E-state index >= 15 is 0 Å². The number of non-ortho nitro benzene ring substituents is 1. The molecule has 0 N–H and O–H groups in total. The molecule has 1 aromatic heterocycles. The van der Waals surface area contributed by atoms with Gasteiger partial charge in [-0.15, -0.1) is 0 Å². The van der Waals surface area contributed by atoms with Crippen LogP contribution in [0.25, 0.3) is 33.3 Å². The minimum absolute atomic E-state index is 0.0267. The van der Waals surface area contributed by atoms with Gasteiger partial charge in [-0.1, -0.05) is 35.9 Å². The molecular formula is C17H9ClN2O3. The van der Waals surface area contributed by atoms with E-state index in [0.29, 0.717) is 22.0 Å². The van der Waals surface area contributed by atoms with Crippen molar-refractivity contribution in [3.63, 3.8) is 0 Å². The average molecular weight is 325 g/mol. The molecule has 0 spiro atoms. The van der Waals surface area contributed by atoms with Crippen molar-refractivity contribution >= 4 is 39.2 Å². The molecule has 0 aliphatic carbocycles. The van der Waals surface area contributed by atoms with E-state index in [2.05, 4.69) is 4.98 Å². The van der Waals surface area contributed by atoms with Crippen molar-refractivity contribution in [2.45, 2.75) is 0 Å². The molecule has 0 bridgehead atoms. The van der Waals surface area contributed by atoms with Gasteiger partial charge in [0.2, 0.25) is 5.89 Å². The minimum atomic E-state index is -0.459. The van der Waals surface area contributed by atoms with Crippen LogP contribution in [0.1, 0.15) is 0 Å². The molecule has 0 amide bonds. The number of nitro benzene ring substituents is 1. The van der Waals surface area contributed by atoms with E-state index in [-0.39, 0.29) is 5.69 Å². The lowest BCUT2D eigenvalue weighted by atomic mass is 10.0. The summed E-state index contributed by atoms with van der Waals surface area (Å²) in [5.41, 5.74) is 1.72. The van der Waals surface area contributed by atoms with Crippen LogP contribution in [0.5, 0.6) is 0 Å². The third kappa shape index (κ3) is 2.22. The summed E-state index contributed by atoms with van der Waals surface area (Å²) in [5, 5.41) is 13.3. The van der Waals surface area contributed by atoms with Crippen molar-refractivity contribution < 1.29 is 9.34 Å². The Hall–Kier alpha value is -2.92. The lowest BCUT2D eigenvalue weighted by Crippen LogP contribution is -1.86. The van der Waals surface area contributed by atoms with E-state index in [1.807, 2.05) is 36.4 Å². The molecule has 4 aromatic rings. The van der Waals surface area contributed by atoms with Crippen molar-refractivity contribution in [1.82, 2.24) is 4.98 Å². The number of rotatable bonds is 2. The van der Waals surface area contributed by atoms with Gasteiger partial charge < -0.3 is 4.42 Å². The standard InChI is InChI=1S/C17H9ClN2O3/c18-14-6-2-3-11-12(14)4-1-5-13(11)17-19-15-8-7-10(20(21)22)9-16(15)23-17/h1-9H. The third-order valence-corrected chi connectivity index (χ3v) is 4.01. The Bertz CT molecular complexity index is 1070. The van der Waals surface area contributed by atoms with E-state index in [1.54, 1.807) is 6.07 Å². The van der Waals surface area contributed by atoms with Crippen molar-refractivity contribution in [3.05, 3.63) is 69.7 Å². The molecule has 4 rings (SSSR count). The Balaban J connectivity index is 1.96. The fraction of sp³-hybridized carbons (Fsp3) is 0. The minimum Gasteiger partial charge on any atom is -0.436 e. The molecule has 0 atom stereocenters. The monoisotopic (exact) mass is 324 g/mol. The molecule has 0 aliphatic rings. The highest BCUT2D eigenvalue weighted by Gasteiger charge is 2.15. The normalized spacial score (nSPS) is 11.2. The van der Waals surface area contributed by atoms with Gasteiger partial charge in [-0.05, 0) is 23.6 Å². The quantitative estimate of drug-likeness (QED) is 0.375. The average Bonchev–Trinajstić information content (AvgIpc) is 2.97. The van der Waals surface area contributed by atoms with Gasteiger partial charge in [0, 0.05) is 22.0 Å².